The molecule has 15 heavy (non-hydrogen) atoms. The monoisotopic (exact) mass is 207 g/mol. The lowest BCUT2D eigenvalue weighted by molar-refractivity contribution is 0.196. The van der Waals surface area contributed by atoms with Gasteiger partial charge in [-0.15, -0.1) is 0 Å². The average Bonchev–Trinajstić information content (AvgIpc) is 2.19. The zero-order chi connectivity index (χ0) is 11.0. The summed E-state index contributed by atoms with van der Waals surface area (Å²) in [5.74, 6) is -1.07. The normalized spacial score (nSPS) is 10.5. The molecule has 0 fully saturated rings. The van der Waals surface area contributed by atoms with Crippen molar-refractivity contribution in [2.24, 2.45) is 0 Å². The van der Waals surface area contributed by atoms with E-state index in [4.69, 9.17) is 5.11 Å². The lowest BCUT2D eigenvalue weighted by Crippen LogP contribution is -2.28. The third kappa shape index (κ3) is 1.38. The standard InChI is InChI=1S/C10H6FNO3/c11-7-5-6-3-1-2-4-8(6)12(9(7)13)10(14)15/h1-5H,(H,14,15). The van der Waals surface area contributed by atoms with E-state index in [0.29, 0.717) is 9.95 Å². The van der Waals surface area contributed by atoms with Gasteiger partial charge in [-0.05, 0) is 12.1 Å². The molecule has 0 saturated carbocycles. The van der Waals surface area contributed by atoms with Crippen LogP contribution in [-0.2, 0) is 0 Å². The minimum atomic E-state index is -1.49. The Balaban J connectivity index is 3.02. The number of aromatic nitrogens is 1. The zero-order valence-corrected chi connectivity index (χ0v) is 7.48. The Kier molecular flexibility index (Phi) is 2.00. The first-order valence-corrected chi connectivity index (χ1v) is 4.15. The maximum Gasteiger partial charge on any atom is 0.419 e. The largest absolute Gasteiger partial charge is 0.464 e. The van der Waals surface area contributed by atoms with Gasteiger partial charge in [0.05, 0.1) is 5.52 Å². The van der Waals surface area contributed by atoms with E-state index in [1.165, 1.54) is 12.1 Å². The molecular weight excluding hydrogens is 201 g/mol. The Labute approximate surface area is 83.2 Å². The molecule has 0 aliphatic carbocycles. The van der Waals surface area contributed by atoms with Crippen molar-refractivity contribution in [1.29, 1.82) is 0 Å². The summed E-state index contributed by atoms with van der Waals surface area (Å²) in [6, 6.07) is 7.23. The number of rotatable bonds is 0. The van der Waals surface area contributed by atoms with Crippen LogP contribution in [0.25, 0.3) is 10.9 Å². The van der Waals surface area contributed by atoms with E-state index in [2.05, 4.69) is 0 Å². The minimum absolute atomic E-state index is 0.177. The van der Waals surface area contributed by atoms with E-state index in [9.17, 15) is 14.0 Å². The lowest BCUT2D eigenvalue weighted by Gasteiger charge is -2.04. The van der Waals surface area contributed by atoms with Crippen LogP contribution in [0.1, 0.15) is 0 Å². The molecule has 0 aliphatic heterocycles. The summed E-state index contributed by atoms with van der Waals surface area (Å²) in [6.45, 7) is 0. The number of carboxylic acid groups (broad SMARTS) is 1. The zero-order valence-electron chi connectivity index (χ0n) is 7.48. The lowest BCUT2D eigenvalue weighted by atomic mass is 10.2. The van der Waals surface area contributed by atoms with Gasteiger partial charge in [-0.2, -0.15) is 0 Å². The highest BCUT2D eigenvalue weighted by atomic mass is 19.1. The fraction of sp³-hybridized carbons (Fsp3) is 0. The van der Waals surface area contributed by atoms with E-state index in [1.54, 1.807) is 12.1 Å². The average molecular weight is 207 g/mol. The van der Waals surface area contributed by atoms with E-state index in [-0.39, 0.29) is 5.52 Å². The van der Waals surface area contributed by atoms with Gasteiger partial charge in [0.25, 0.3) is 5.56 Å². The molecule has 0 atom stereocenters. The topological polar surface area (TPSA) is 59.3 Å². The minimum Gasteiger partial charge on any atom is -0.464 e. The third-order valence-corrected chi connectivity index (χ3v) is 2.06. The maximum absolute atomic E-state index is 13.1. The van der Waals surface area contributed by atoms with Gasteiger partial charge in [0.1, 0.15) is 0 Å². The molecule has 0 radical (unpaired) electrons. The van der Waals surface area contributed by atoms with Crippen LogP contribution in [0.2, 0.25) is 0 Å². The van der Waals surface area contributed by atoms with Crippen molar-refractivity contribution >= 4 is 17.0 Å². The summed E-state index contributed by atoms with van der Waals surface area (Å²) >= 11 is 0. The Morgan fingerprint density at radius 3 is 2.67 bits per heavy atom. The van der Waals surface area contributed by atoms with Crippen LogP contribution in [0.4, 0.5) is 9.18 Å². The van der Waals surface area contributed by atoms with E-state index >= 15 is 0 Å². The number of pyridine rings is 1. The molecule has 0 aliphatic rings. The highest BCUT2D eigenvalue weighted by molar-refractivity contribution is 5.87. The summed E-state index contributed by atoms with van der Waals surface area (Å²) in [5, 5.41) is 9.16. The molecule has 5 heteroatoms. The number of para-hydroxylation sites is 1. The first-order chi connectivity index (χ1) is 7.11. The molecule has 1 aromatic carbocycles. The Hall–Kier alpha value is -2.17. The van der Waals surface area contributed by atoms with Crippen molar-refractivity contribution in [2.45, 2.75) is 0 Å². The molecular formula is C10H6FNO3. The second-order valence-corrected chi connectivity index (χ2v) is 2.97. The Morgan fingerprint density at radius 2 is 2.00 bits per heavy atom. The maximum atomic E-state index is 13.1. The summed E-state index contributed by atoms with van der Waals surface area (Å²) in [5.41, 5.74) is -0.974. The van der Waals surface area contributed by atoms with Crippen molar-refractivity contribution in [3.8, 4) is 0 Å². The molecule has 2 rings (SSSR count). The fourth-order valence-corrected chi connectivity index (χ4v) is 1.42. The van der Waals surface area contributed by atoms with Gasteiger partial charge in [-0.25, -0.2) is 13.8 Å². The molecule has 0 amide bonds. The summed E-state index contributed by atoms with van der Waals surface area (Å²) in [4.78, 5) is 22.0. The SMILES string of the molecule is O=C(O)n1c(=O)c(F)cc2ccccc21. The predicted octanol–water partition coefficient (Wildman–Crippen LogP) is 1.67. The molecule has 4 nitrogen and oxygen atoms in total. The van der Waals surface area contributed by atoms with Crippen molar-refractivity contribution in [3.63, 3.8) is 0 Å². The van der Waals surface area contributed by atoms with Gasteiger partial charge in [0.2, 0.25) is 0 Å². The van der Waals surface area contributed by atoms with Gasteiger partial charge in [-0.3, -0.25) is 4.79 Å². The quantitative estimate of drug-likeness (QED) is 0.714. The van der Waals surface area contributed by atoms with Crippen LogP contribution in [-0.4, -0.2) is 15.8 Å². The summed E-state index contributed by atoms with van der Waals surface area (Å²) in [7, 11) is 0. The number of halogens is 1. The first kappa shape index (κ1) is 9.39. The van der Waals surface area contributed by atoms with Gasteiger partial charge in [0.15, 0.2) is 5.82 Å². The van der Waals surface area contributed by atoms with Crippen molar-refractivity contribution < 1.29 is 14.3 Å². The van der Waals surface area contributed by atoms with Crippen LogP contribution < -0.4 is 5.56 Å². The van der Waals surface area contributed by atoms with Gasteiger partial charge in [-0.1, -0.05) is 18.2 Å². The number of nitrogens with zero attached hydrogens (tertiary/aromatic N) is 1. The molecule has 76 valence electrons. The first-order valence-electron chi connectivity index (χ1n) is 4.15. The van der Waals surface area contributed by atoms with Crippen molar-refractivity contribution in [2.75, 3.05) is 0 Å². The van der Waals surface area contributed by atoms with Crippen LogP contribution in [0.5, 0.6) is 0 Å². The number of benzene rings is 1. The smallest absolute Gasteiger partial charge is 0.419 e. The number of carbonyl (C=O) groups is 1. The molecule has 1 heterocycles. The summed E-state index contributed by atoms with van der Waals surface area (Å²) < 4.78 is 13.5. The molecule has 2 aromatic rings. The van der Waals surface area contributed by atoms with Crippen LogP contribution in [0.15, 0.2) is 35.1 Å². The van der Waals surface area contributed by atoms with Gasteiger partial charge < -0.3 is 5.11 Å². The van der Waals surface area contributed by atoms with Crippen molar-refractivity contribution in [1.82, 2.24) is 4.57 Å². The van der Waals surface area contributed by atoms with Crippen LogP contribution >= 0.6 is 0 Å². The Bertz CT molecular complexity index is 603. The van der Waals surface area contributed by atoms with E-state index in [1.807, 2.05) is 0 Å². The fourth-order valence-electron chi connectivity index (χ4n) is 1.42. The molecule has 0 bridgehead atoms. The van der Waals surface area contributed by atoms with Gasteiger partial charge >= 0.3 is 6.09 Å². The number of hydrogen-bond donors (Lipinski definition) is 1. The second kappa shape index (κ2) is 3.20. The van der Waals surface area contributed by atoms with Crippen LogP contribution in [0, 0.1) is 5.82 Å². The summed E-state index contributed by atoms with van der Waals surface area (Å²) in [6.07, 6.45) is -1.49. The molecule has 1 N–H and O–H groups in total. The van der Waals surface area contributed by atoms with Crippen molar-refractivity contribution in [3.05, 3.63) is 46.5 Å². The molecule has 0 spiro atoms. The third-order valence-electron chi connectivity index (χ3n) is 2.06. The van der Waals surface area contributed by atoms with Crippen LogP contribution in [0.3, 0.4) is 0 Å². The van der Waals surface area contributed by atoms with E-state index < -0.39 is 17.5 Å². The Morgan fingerprint density at radius 1 is 1.33 bits per heavy atom. The second-order valence-electron chi connectivity index (χ2n) is 2.97. The molecule has 0 unspecified atom stereocenters. The van der Waals surface area contributed by atoms with Gasteiger partial charge in [0, 0.05) is 5.39 Å². The highest BCUT2D eigenvalue weighted by Gasteiger charge is 2.13. The molecule has 0 saturated heterocycles. The van der Waals surface area contributed by atoms with E-state index in [0.717, 1.165) is 6.07 Å². The number of hydrogen-bond acceptors (Lipinski definition) is 2. The number of fused-ring (bicyclic) bond motifs is 1. The predicted molar refractivity (Wildman–Crippen MR) is 51.6 cm³/mol. The molecule has 1 aromatic heterocycles. The highest BCUT2D eigenvalue weighted by Crippen LogP contribution is 2.12.